The van der Waals surface area contributed by atoms with Crippen LogP contribution in [-0.4, -0.2) is 34.1 Å². The Balaban J connectivity index is 2.90. The molecule has 0 aliphatic carbocycles. The van der Waals surface area contributed by atoms with Gasteiger partial charge in [-0.3, -0.25) is 9.59 Å². The van der Waals surface area contributed by atoms with Gasteiger partial charge < -0.3 is 15.5 Å². The van der Waals surface area contributed by atoms with Gasteiger partial charge in [-0.2, -0.15) is 0 Å². The van der Waals surface area contributed by atoms with Crippen LogP contribution < -0.4 is 5.32 Å². The van der Waals surface area contributed by atoms with E-state index in [9.17, 15) is 14.4 Å². The second kappa shape index (κ2) is 6.85. The van der Waals surface area contributed by atoms with E-state index < -0.39 is 30.3 Å². The van der Waals surface area contributed by atoms with Gasteiger partial charge >= 0.3 is 11.9 Å². The van der Waals surface area contributed by atoms with Crippen molar-refractivity contribution in [2.75, 3.05) is 0 Å². The molecule has 0 saturated heterocycles. The lowest BCUT2D eigenvalue weighted by Crippen LogP contribution is -2.42. The zero-order chi connectivity index (χ0) is 14.6. The zero-order valence-corrected chi connectivity index (χ0v) is 13.1. The van der Waals surface area contributed by atoms with Gasteiger partial charge in [0, 0.05) is 8.04 Å². The summed E-state index contributed by atoms with van der Waals surface area (Å²) in [6, 6.07) is 3.51. The summed E-state index contributed by atoms with van der Waals surface area (Å²) in [5, 5.41) is 19.6. The first-order valence-electron chi connectivity index (χ1n) is 5.01. The smallest absolute Gasteiger partial charge is 0.326 e. The Labute approximate surface area is 130 Å². The number of carboxylic acid groups (broad SMARTS) is 2. The summed E-state index contributed by atoms with van der Waals surface area (Å²) < 4.78 is 1.31. The monoisotopic (exact) mass is 441 g/mol. The number of hydrogen-bond acceptors (Lipinski definition) is 3. The van der Waals surface area contributed by atoms with Crippen LogP contribution in [0.1, 0.15) is 16.8 Å². The van der Waals surface area contributed by atoms with Crippen molar-refractivity contribution in [3.8, 4) is 0 Å². The summed E-state index contributed by atoms with van der Waals surface area (Å²) in [6.07, 6.45) is -0.675. The highest BCUT2D eigenvalue weighted by molar-refractivity contribution is 14.1. The standard InChI is InChI=1S/C11H9BrINO5/c12-5-1-2-7(13)6(3-5)10(17)14-8(11(18)19)4-9(15)16/h1-3,8H,4H2,(H,14,17)(H,15,16)(H,18,19)/t8-/m1/s1. The van der Waals surface area contributed by atoms with Crippen molar-refractivity contribution >= 4 is 56.4 Å². The quantitative estimate of drug-likeness (QED) is 0.603. The SMILES string of the molecule is O=C(O)C[C@@H](NC(=O)c1cc(Br)ccc1I)C(=O)O. The van der Waals surface area contributed by atoms with Crippen molar-refractivity contribution < 1.29 is 24.6 Å². The van der Waals surface area contributed by atoms with Gasteiger partial charge in [0.25, 0.3) is 5.91 Å². The minimum atomic E-state index is -1.46. The average molecular weight is 442 g/mol. The lowest BCUT2D eigenvalue weighted by atomic mass is 10.1. The first kappa shape index (κ1) is 15.9. The number of benzene rings is 1. The van der Waals surface area contributed by atoms with Crippen LogP contribution in [0.4, 0.5) is 0 Å². The number of carbonyl (C=O) groups is 3. The number of rotatable bonds is 5. The third kappa shape index (κ3) is 4.78. The molecule has 0 aliphatic rings. The molecule has 0 unspecified atom stereocenters. The third-order valence-corrected chi connectivity index (χ3v) is 3.59. The van der Waals surface area contributed by atoms with Crippen molar-refractivity contribution in [2.45, 2.75) is 12.5 Å². The van der Waals surface area contributed by atoms with E-state index in [1.54, 1.807) is 12.1 Å². The molecular formula is C11H9BrINO5. The number of amides is 1. The van der Waals surface area contributed by atoms with Gasteiger partial charge in [-0.25, -0.2) is 4.79 Å². The molecule has 19 heavy (non-hydrogen) atoms. The molecule has 1 aromatic rings. The normalized spacial score (nSPS) is 11.7. The van der Waals surface area contributed by atoms with Crippen LogP contribution in [0.5, 0.6) is 0 Å². The molecule has 1 atom stereocenters. The summed E-state index contributed by atoms with van der Waals surface area (Å²) in [4.78, 5) is 33.3. The largest absolute Gasteiger partial charge is 0.481 e. The molecule has 1 amide bonds. The predicted octanol–water partition coefficient (Wildman–Crippen LogP) is 1.71. The van der Waals surface area contributed by atoms with Gasteiger partial charge in [-0.1, -0.05) is 15.9 Å². The molecule has 3 N–H and O–H groups in total. The third-order valence-electron chi connectivity index (χ3n) is 2.16. The summed E-state index contributed by atoms with van der Waals surface area (Å²) in [5.41, 5.74) is 0.284. The Kier molecular flexibility index (Phi) is 5.73. The van der Waals surface area contributed by atoms with Crippen LogP contribution in [0, 0.1) is 3.57 Å². The van der Waals surface area contributed by atoms with E-state index in [4.69, 9.17) is 10.2 Å². The Morgan fingerprint density at radius 2 is 1.95 bits per heavy atom. The van der Waals surface area contributed by atoms with E-state index in [1.165, 1.54) is 6.07 Å². The van der Waals surface area contributed by atoms with Crippen LogP contribution in [0.15, 0.2) is 22.7 Å². The predicted molar refractivity (Wildman–Crippen MR) is 78.0 cm³/mol. The van der Waals surface area contributed by atoms with Gasteiger partial charge in [-0.15, -0.1) is 0 Å². The molecule has 0 radical (unpaired) electrons. The Morgan fingerprint density at radius 1 is 1.32 bits per heavy atom. The summed E-state index contributed by atoms with van der Waals surface area (Å²) >= 11 is 5.14. The molecule has 6 nitrogen and oxygen atoms in total. The Morgan fingerprint density at radius 3 is 2.47 bits per heavy atom. The Bertz CT molecular complexity index is 534. The maximum absolute atomic E-state index is 11.9. The van der Waals surface area contributed by atoms with Crippen LogP contribution in [0.25, 0.3) is 0 Å². The topological polar surface area (TPSA) is 104 Å². The fourth-order valence-electron chi connectivity index (χ4n) is 1.28. The highest BCUT2D eigenvalue weighted by atomic mass is 127. The zero-order valence-electron chi connectivity index (χ0n) is 9.39. The van der Waals surface area contributed by atoms with Gasteiger partial charge in [-0.05, 0) is 40.8 Å². The number of carbonyl (C=O) groups excluding carboxylic acids is 1. The number of carboxylic acids is 2. The second-order valence-corrected chi connectivity index (χ2v) is 5.66. The minimum absolute atomic E-state index is 0.284. The van der Waals surface area contributed by atoms with E-state index in [0.29, 0.717) is 8.04 Å². The number of hydrogen-bond donors (Lipinski definition) is 3. The van der Waals surface area contributed by atoms with Crippen LogP contribution in [0.2, 0.25) is 0 Å². The first-order valence-corrected chi connectivity index (χ1v) is 6.89. The van der Waals surface area contributed by atoms with E-state index in [-0.39, 0.29) is 5.56 Å². The highest BCUT2D eigenvalue weighted by Crippen LogP contribution is 2.18. The molecule has 0 spiro atoms. The Hall–Kier alpha value is -1.16. The molecular weight excluding hydrogens is 433 g/mol. The number of aliphatic carboxylic acids is 2. The highest BCUT2D eigenvalue weighted by Gasteiger charge is 2.24. The molecule has 1 aromatic carbocycles. The van der Waals surface area contributed by atoms with Gasteiger partial charge in [0.2, 0.25) is 0 Å². The number of nitrogens with one attached hydrogen (secondary N) is 1. The molecule has 0 heterocycles. The molecule has 0 fully saturated rings. The fourth-order valence-corrected chi connectivity index (χ4v) is 2.22. The second-order valence-electron chi connectivity index (χ2n) is 3.59. The van der Waals surface area contributed by atoms with Crippen molar-refractivity contribution in [1.29, 1.82) is 0 Å². The van der Waals surface area contributed by atoms with Gasteiger partial charge in [0.15, 0.2) is 0 Å². The molecule has 0 bridgehead atoms. The summed E-state index contributed by atoms with van der Waals surface area (Å²) in [5.74, 6) is -3.31. The summed E-state index contributed by atoms with van der Waals surface area (Å²) in [6.45, 7) is 0. The van der Waals surface area contributed by atoms with Gasteiger partial charge in [0.05, 0.1) is 12.0 Å². The lowest BCUT2D eigenvalue weighted by molar-refractivity contribution is -0.145. The molecule has 0 aromatic heterocycles. The van der Waals surface area contributed by atoms with E-state index in [1.807, 2.05) is 22.6 Å². The van der Waals surface area contributed by atoms with Crippen molar-refractivity contribution in [1.82, 2.24) is 5.32 Å². The first-order chi connectivity index (χ1) is 8.81. The minimum Gasteiger partial charge on any atom is -0.481 e. The molecule has 1 rings (SSSR count). The fraction of sp³-hybridized carbons (Fsp3) is 0.182. The van der Waals surface area contributed by atoms with Crippen molar-refractivity contribution in [3.05, 3.63) is 31.8 Å². The summed E-state index contributed by atoms with van der Waals surface area (Å²) in [7, 11) is 0. The average Bonchev–Trinajstić information content (AvgIpc) is 2.30. The molecule has 8 heteroatoms. The molecule has 102 valence electrons. The van der Waals surface area contributed by atoms with Gasteiger partial charge in [0.1, 0.15) is 6.04 Å². The van der Waals surface area contributed by atoms with E-state index in [2.05, 4.69) is 21.2 Å². The maximum Gasteiger partial charge on any atom is 0.326 e. The molecule has 0 saturated carbocycles. The molecule has 0 aliphatic heterocycles. The number of halogens is 2. The maximum atomic E-state index is 11.9. The van der Waals surface area contributed by atoms with Crippen LogP contribution >= 0.6 is 38.5 Å². The van der Waals surface area contributed by atoms with Crippen LogP contribution in [0.3, 0.4) is 0 Å². The van der Waals surface area contributed by atoms with E-state index in [0.717, 1.165) is 0 Å². The van der Waals surface area contributed by atoms with E-state index >= 15 is 0 Å². The van der Waals surface area contributed by atoms with Crippen LogP contribution in [-0.2, 0) is 9.59 Å². The van der Waals surface area contributed by atoms with Crippen molar-refractivity contribution in [2.24, 2.45) is 0 Å². The van der Waals surface area contributed by atoms with Crippen molar-refractivity contribution in [3.63, 3.8) is 0 Å². The lowest BCUT2D eigenvalue weighted by Gasteiger charge is -2.13.